The van der Waals surface area contributed by atoms with Crippen LogP contribution in [0.1, 0.15) is 39.2 Å². The van der Waals surface area contributed by atoms with Crippen LogP contribution in [0, 0.1) is 5.41 Å². The van der Waals surface area contributed by atoms with Gasteiger partial charge in [0, 0.05) is 24.5 Å². The van der Waals surface area contributed by atoms with Gasteiger partial charge in [-0.05, 0) is 42.4 Å². The highest BCUT2D eigenvalue weighted by molar-refractivity contribution is 5.66. The van der Waals surface area contributed by atoms with Crippen molar-refractivity contribution in [2.75, 3.05) is 23.7 Å². The molecule has 0 unspecified atom stereocenters. The zero-order valence-electron chi connectivity index (χ0n) is 11.3. The Hall–Kier alpha value is -1.18. The van der Waals surface area contributed by atoms with E-state index in [1.807, 2.05) is 6.07 Å². The summed E-state index contributed by atoms with van der Waals surface area (Å²) in [5, 5.41) is 0. The lowest BCUT2D eigenvalue weighted by atomic mass is 9.91. The van der Waals surface area contributed by atoms with Crippen LogP contribution in [0.15, 0.2) is 18.2 Å². The van der Waals surface area contributed by atoms with Crippen molar-refractivity contribution >= 4 is 11.4 Å². The van der Waals surface area contributed by atoms with Crippen molar-refractivity contribution in [1.82, 2.24) is 0 Å². The summed E-state index contributed by atoms with van der Waals surface area (Å²) >= 11 is 0. The molecule has 0 spiro atoms. The van der Waals surface area contributed by atoms with Crippen LogP contribution >= 0.6 is 0 Å². The van der Waals surface area contributed by atoms with E-state index in [-0.39, 0.29) is 0 Å². The second-order valence-electron chi connectivity index (χ2n) is 6.25. The van der Waals surface area contributed by atoms with E-state index < -0.39 is 0 Å². The van der Waals surface area contributed by atoms with Gasteiger partial charge in [0.15, 0.2) is 0 Å². The Kier molecular flexibility index (Phi) is 3.32. The third-order valence-corrected chi connectivity index (χ3v) is 3.51. The molecule has 1 heterocycles. The minimum Gasteiger partial charge on any atom is -0.398 e. The zero-order valence-corrected chi connectivity index (χ0v) is 11.3. The number of nitrogen functional groups attached to an aromatic ring is 1. The van der Waals surface area contributed by atoms with Gasteiger partial charge in [-0.25, -0.2) is 0 Å². The van der Waals surface area contributed by atoms with Crippen molar-refractivity contribution in [3.63, 3.8) is 0 Å². The molecule has 1 aliphatic rings. The van der Waals surface area contributed by atoms with Crippen molar-refractivity contribution in [3.8, 4) is 0 Å². The van der Waals surface area contributed by atoms with Gasteiger partial charge in [0.25, 0.3) is 0 Å². The fraction of sp³-hybridized carbons (Fsp3) is 0.600. The van der Waals surface area contributed by atoms with E-state index in [4.69, 9.17) is 5.73 Å². The number of benzene rings is 1. The lowest BCUT2D eigenvalue weighted by Crippen LogP contribution is -2.32. The van der Waals surface area contributed by atoms with E-state index in [0.29, 0.717) is 5.41 Å². The van der Waals surface area contributed by atoms with Gasteiger partial charge in [-0.3, -0.25) is 0 Å². The highest BCUT2D eigenvalue weighted by atomic mass is 15.1. The van der Waals surface area contributed by atoms with E-state index in [2.05, 4.69) is 37.8 Å². The second kappa shape index (κ2) is 4.59. The second-order valence-corrected chi connectivity index (χ2v) is 6.25. The van der Waals surface area contributed by atoms with Gasteiger partial charge in [-0.2, -0.15) is 0 Å². The SMILES string of the molecule is CC(C)(C)CCN1CCCc2c(N)cccc21. The minimum absolute atomic E-state index is 0.401. The fourth-order valence-corrected chi connectivity index (χ4v) is 2.43. The van der Waals surface area contributed by atoms with Crippen LogP contribution in [-0.4, -0.2) is 13.1 Å². The summed E-state index contributed by atoms with van der Waals surface area (Å²) in [6, 6.07) is 6.31. The predicted octanol–water partition coefficient (Wildman–Crippen LogP) is 3.46. The number of anilines is 2. The molecule has 0 atom stereocenters. The van der Waals surface area contributed by atoms with Gasteiger partial charge < -0.3 is 10.6 Å². The maximum atomic E-state index is 6.06. The number of nitrogens with two attached hydrogens (primary N) is 1. The summed E-state index contributed by atoms with van der Waals surface area (Å²) in [6.45, 7) is 9.22. The summed E-state index contributed by atoms with van der Waals surface area (Å²) in [5.74, 6) is 0. The average Bonchev–Trinajstić information content (AvgIpc) is 2.26. The average molecular weight is 232 g/mol. The summed E-state index contributed by atoms with van der Waals surface area (Å²) < 4.78 is 0. The number of nitrogens with zero attached hydrogens (tertiary/aromatic N) is 1. The Morgan fingerprint density at radius 2 is 2.06 bits per heavy atom. The molecule has 0 fully saturated rings. The molecule has 0 radical (unpaired) electrons. The third-order valence-electron chi connectivity index (χ3n) is 3.51. The van der Waals surface area contributed by atoms with E-state index in [1.54, 1.807) is 0 Å². The lowest BCUT2D eigenvalue weighted by molar-refractivity contribution is 0.377. The van der Waals surface area contributed by atoms with Crippen molar-refractivity contribution in [1.29, 1.82) is 0 Å². The van der Waals surface area contributed by atoms with Crippen LogP contribution < -0.4 is 10.6 Å². The fourth-order valence-electron chi connectivity index (χ4n) is 2.43. The van der Waals surface area contributed by atoms with Crippen LogP contribution in [-0.2, 0) is 6.42 Å². The van der Waals surface area contributed by atoms with E-state index >= 15 is 0 Å². The van der Waals surface area contributed by atoms with Crippen molar-refractivity contribution in [2.24, 2.45) is 5.41 Å². The first-order valence-electron chi connectivity index (χ1n) is 6.60. The highest BCUT2D eigenvalue weighted by Crippen LogP contribution is 2.32. The molecule has 2 nitrogen and oxygen atoms in total. The molecule has 0 amide bonds. The number of rotatable bonds is 2. The molecule has 0 bridgehead atoms. The summed E-state index contributed by atoms with van der Waals surface area (Å²) in [5.41, 5.74) is 10.1. The molecule has 0 aromatic heterocycles. The highest BCUT2D eigenvalue weighted by Gasteiger charge is 2.20. The van der Waals surface area contributed by atoms with E-state index in [9.17, 15) is 0 Å². The Labute approximate surface area is 105 Å². The summed E-state index contributed by atoms with van der Waals surface area (Å²) in [4.78, 5) is 2.50. The molecule has 0 aliphatic carbocycles. The smallest absolute Gasteiger partial charge is 0.0419 e. The first-order valence-corrected chi connectivity index (χ1v) is 6.60. The number of hydrogen-bond donors (Lipinski definition) is 1. The summed E-state index contributed by atoms with van der Waals surface area (Å²) in [6.07, 6.45) is 3.58. The maximum Gasteiger partial charge on any atom is 0.0419 e. The molecule has 17 heavy (non-hydrogen) atoms. The Bertz CT molecular complexity index is 390. The van der Waals surface area contributed by atoms with Crippen LogP contribution in [0.4, 0.5) is 11.4 Å². The molecular formula is C15H24N2. The van der Waals surface area contributed by atoms with E-state index in [1.165, 1.54) is 30.6 Å². The molecule has 2 N–H and O–H groups in total. The Balaban J connectivity index is 2.15. The zero-order chi connectivity index (χ0) is 12.5. The molecule has 94 valence electrons. The summed E-state index contributed by atoms with van der Waals surface area (Å²) in [7, 11) is 0. The predicted molar refractivity (Wildman–Crippen MR) is 75.5 cm³/mol. The van der Waals surface area contributed by atoms with Crippen LogP contribution in [0.3, 0.4) is 0 Å². The topological polar surface area (TPSA) is 29.3 Å². The van der Waals surface area contributed by atoms with Gasteiger partial charge >= 0.3 is 0 Å². The normalized spacial score (nSPS) is 15.8. The van der Waals surface area contributed by atoms with Crippen LogP contribution in [0.2, 0.25) is 0 Å². The van der Waals surface area contributed by atoms with Crippen LogP contribution in [0.25, 0.3) is 0 Å². The van der Waals surface area contributed by atoms with Crippen LogP contribution in [0.5, 0.6) is 0 Å². The quantitative estimate of drug-likeness (QED) is 0.791. The van der Waals surface area contributed by atoms with Gasteiger partial charge in [0.1, 0.15) is 0 Å². The van der Waals surface area contributed by atoms with Gasteiger partial charge in [-0.1, -0.05) is 26.8 Å². The minimum atomic E-state index is 0.401. The maximum absolute atomic E-state index is 6.06. The molecule has 0 saturated carbocycles. The van der Waals surface area contributed by atoms with Crippen molar-refractivity contribution in [3.05, 3.63) is 23.8 Å². The molecule has 2 heteroatoms. The largest absolute Gasteiger partial charge is 0.398 e. The molecule has 0 saturated heterocycles. The Morgan fingerprint density at radius 1 is 1.29 bits per heavy atom. The standard InChI is InChI=1S/C15H24N2/c1-15(2,3)9-11-17-10-5-6-12-13(16)7-4-8-14(12)17/h4,7-8H,5-6,9-11,16H2,1-3H3. The lowest BCUT2D eigenvalue weighted by Gasteiger charge is -2.34. The molecule has 2 rings (SSSR count). The van der Waals surface area contributed by atoms with E-state index in [0.717, 1.165) is 18.7 Å². The van der Waals surface area contributed by atoms with Gasteiger partial charge in [0.05, 0.1) is 0 Å². The monoisotopic (exact) mass is 232 g/mol. The first kappa shape index (κ1) is 12.3. The molecular weight excluding hydrogens is 208 g/mol. The van der Waals surface area contributed by atoms with Gasteiger partial charge in [0.2, 0.25) is 0 Å². The first-order chi connectivity index (χ1) is 7.97. The molecule has 1 aromatic rings. The van der Waals surface area contributed by atoms with Gasteiger partial charge in [-0.15, -0.1) is 0 Å². The third kappa shape index (κ3) is 2.93. The van der Waals surface area contributed by atoms with Crippen molar-refractivity contribution < 1.29 is 0 Å². The Morgan fingerprint density at radius 3 is 2.76 bits per heavy atom. The number of fused-ring (bicyclic) bond motifs is 1. The number of hydrogen-bond acceptors (Lipinski definition) is 2. The molecule has 1 aliphatic heterocycles. The van der Waals surface area contributed by atoms with Crippen molar-refractivity contribution in [2.45, 2.75) is 40.0 Å². The molecule has 1 aromatic carbocycles.